The topological polar surface area (TPSA) is 69.6 Å². The Morgan fingerprint density at radius 1 is 1.36 bits per heavy atom. The van der Waals surface area contributed by atoms with E-state index in [-0.39, 0.29) is 0 Å². The maximum Gasteiger partial charge on any atom is 0.115 e. The Hall–Kier alpha value is -1.91. The highest BCUT2D eigenvalue weighted by molar-refractivity contribution is 5.55. The Bertz CT molecular complexity index is 460. The molecule has 0 radical (unpaired) electrons. The molecular formula is C9H11N5. The van der Waals surface area contributed by atoms with Gasteiger partial charge in [0, 0.05) is 12.4 Å². The van der Waals surface area contributed by atoms with Gasteiger partial charge in [-0.3, -0.25) is 4.98 Å². The first-order chi connectivity index (χ1) is 6.66. The Morgan fingerprint density at radius 3 is 2.79 bits per heavy atom. The van der Waals surface area contributed by atoms with Crippen LogP contribution in [0.4, 0.5) is 0 Å². The molecule has 5 nitrogen and oxygen atoms in total. The summed E-state index contributed by atoms with van der Waals surface area (Å²) in [7, 11) is 0. The molecule has 0 bridgehead atoms. The minimum absolute atomic E-state index is 0.751. The van der Waals surface area contributed by atoms with E-state index in [9.17, 15) is 0 Å². The van der Waals surface area contributed by atoms with Crippen LogP contribution in [-0.4, -0.2) is 19.9 Å². The zero-order chi connectivity index (χ0) is 10.1. The molecule has 0 saturated heterocycles. The van der Waals surface area contributed by atoms with Crippen molar-refractivity contribution in [2.24, 2.45) is 0 Å². The van der Waals surface area contributed by atoms with Crippen LogP contribution in [0.25, 0.3) is 11.4 Å². The summed E-state index contributed by atoms with van der Waals surface area (Å²) in [6, 6.07) is 1.82. The van der Waals surface area contributed by atoms with Crippen molar-refractivity contribution in [3.05, 3.63) is 29.8 Å². The van der Waals surface area contributed by atoms with Crippen molar-refractivity contribution in [2.45, 2.75) is 13.8 Å². The highest BCUT2D eigenvalue weighted by Crippen LogP contribution is 2.16. The summed E-state index contributed by atoms with van der Waals surface area (Å²) in [6.07, 6.45) is 3.41. The highest BCUT2D eigenvalue weighted by atomic mass is 15.5. The second-order valence-electron chi connectivity index (χ2n) is 3.13. The monoisotopic (exact) mass is 189 g/mol. The number of aryl methyl sites for hydroxylation is 2. The Morgan fingerprint density at radius 2 is 2.14 bits per heavy atom. The number of nitrogens with zero attached hydrogens (tertiary/aromatic N) is 4. The van der Waals surface area contributed by atoms with Crippen molar-refractivity contribution in [3.8, 4) is 11.4 Å². The first-order valence-corrected chi connectivity index (χ1v) is 4.28. The van der Waals surface area contributed by atoms with Gasteiger partial charge < -0.3 is 5.84 Å². The molecule has 0 saturated carbocycles. The van der Waals surface area contributed by atoms with Crippen molar-refractivity contribution < 1.29 is 0 Å². The minimum atomic E-state index is 0.751. The van der Waals surface area contributed by atoms with Crippen LogP contribution in [-0.2, 0) is 0 Å². The zero-order valence-corrected chi connectivity index (χ0v) is 8.10. The van der Waals surface area contributed by atoms with Crippen LogP contribution >= 0.6 is 0 Å². The molecular weight excluding hydrogens is 178 g/mol. The minimum Gasteiger partial charge on any atom is -0.323 e. The Balaban J connectivity index is 2.55. The van der Waals surface area contributed by atoms with E-state index in [2.05, 4.69) is 15.1 Å². The zero-order valence-electron chi connectivity index (χ0n) is 8.10. The van der Waals surface area contributed by atoms with E-state index in [1.165, 1.54) is 4.79 Å². The molecule has 0 aliphatic carbocycles. The van der Waals surface area contributed by atoms with Crippen LogP contribution in [0.15, 0.2) is 18.5 Å². The average molecular weight is 189 g/mol. The lowest BCUT2D eigenvalue weighted by Crippen LogP contribution is -2.08. The molecule has 2 aromatic rings. The van der Waals surface area contributed by atoms with Crippen molar-refractivity contribution >= 4 is 0 Å². The largest absolute Gasteiger partial charge is 0.323 e. The SMILES string of the molecule is Cc1cnc(C)c(-c2ccn(N)n2)n1. The van der Waals surface area contributed by atoms with Gasteiger partial charge in [-0.1, -0.05) is 0 Å². The van der Waals surface area contributed by atoms with Crippen molar-refractivity contribution in [1.29, 1.82) is 0 Å². The second kappa shape index (κ2) is 3.10. The molecule has 0 aliphatic heterocycles. The fraction of sp³-hybridized carbons (Fsp3) is 0.222. The third-order valence-corrected chi connectivity index (χ3v) is 1.93. The van der Waals surface area contributed by atoms with E-state index in [4.69, 9.17) is 5.84 Å². The van der Waals surface area contributed by atoms with Crippen LogP contribution in [0, 0.1) is 13.8 Å². The summed E-state index contributed by atoms with van der Waals surface area (Å²) >= 11 is 0. The van der Waals surface area contributed by atoms with E-state index in [0.29, 0.717) is 0 Å². The van der Waals surface area contributed by atoms with Gasteiger partial charge in [0.1, 0.15) is 11.4 Å². The fourth-order valence-corrected chi connectivity index (χ4v) is 1.24. The van der Waals surface area contributed by atoms with Crippen LogP contribution in [0.1, 0.15) is 11.4 Å². The maximum atomic E-state index is 5.46. The van der Waals surface area contributed by atoms with Gasteiger partial charge in [0.25, 0.3) is 0 Å². The molecule has 0 spiro atoms. The first-order valence-electron chi connectivity index (χ1n) is 4.28. The van der Waals surface area contributed by atoms with Crippen LogP contribution in [0.5, 0.6) is 0 Å². The van der Waals surface area contributed by atoms with E-state index in [0.717, 1.165) is 22.8 Å². The van der Waals surface area contributed by atoms with Gasteiger partial charge in [0.15, 0.2) is 0 Å². The van der Waals surface area contributed by atoms with Gasteiger partial charge in [0.05, 0.1) is 11.4 Å². The van der Waals surface area contributed by atoms with Gasteiger partial charge in [-0.25, -0.2) is 4.98 Å². The summed E-state index contributed by atoms with van der Waals surface area (Å²) in [6.45, 7) is 3.80. The molecule has 0 aliphatic rings. The molecule has 2 rings (SSSR count). The maximum absolute atomic E-state index is 5.46. The van der Waals surface area contributed by atoms with Gasteiger partial charge in [-0.05, 0) is 19.9 Å². The molecule has 0 unspecified atom stereocenters. The van der Waals surface area contributed by atoms with Crippen molar-refractivity contribution in [1.82, 2.24) is 19.9 Å². The highest BCUT2D eigenvalue weighted by Gasteiger charge is 2.07. The lowest BCUT2D eigenvalue weighted by atomic mass is 10.2. The Kier molecular flexibility index (Phi) is 1.92. The third-order valence-electron chi connectivity index (χ3n) is 1.93. The van der Waals surface area contributed by atoms with Crippen LogP contribution in [0.3, 0.4) is 0 Å². The number of hydrogen-bond donors (Lipinski definition) is 1. The van der Waals surface area contributed by atoms with Crippen LogP contribution in [0.2, 0.25) is 0 Å². The van der Waals surface area contributed by atoms with Gasteiger partial charge in [0.2, 0.25) is 0 Å². The quantitative estimate of drug-likeness (QED) is 0.669. The number of rotatable bonds is 1. The molecule has 0 atom stereocenters. The molecule has 0 amide bonds. The van der Waals surface area contributed by atoms with E-state index in [1.54, 1.807) is 12.4 Å². The molecule has 72 valence electrons. The second-order valence-corrected chi connectivity index (χ2v) is 3.13. The number of aromatic nitrogens is 4. The Labute approximate surface area is 81.6 Å². The molecule has 2 heterocycles. The lowest BCUT2D eigenvalue weighted by Gasteiger charge is -2.01. The van der Waals surface area contributed by atoms with Gasteiger partial charge in [-0.15, -0.1) is 0 Å². The fourth-order valence-electron chi connectivity index (χ4n) is 1.24. The van der Waals surface area contributed by atoms with Crippen molar-refractivity contribution in [2.75, 3.05) is 5.84 Å². The number of nitrogens with two attached hydrogens (primary N) is 1. The summed E-state index contributed by atoms with van der Waals surface area (Å²) in [5, 5.41) is 4.07. The predicted octanol–water partition coefficient (Wildman–Crippen LogP) is 0.671. The smallest absolute Gasteiger partial charge is 0.115 e. The normalized spacial score (nSPS) is 10.4. The molecule has 14 heavy (non-hydrogen) atoms. The van der Waals surface area contributed by atoms with Gasteiger partial charge in [-0.2, -0.15) is 9.89 Å². The standard InChI is InChI=1S/C9H11N5/c1-6-5-11-7(2)9(12-6)8-3-4-14(10)13-8/h3-5H,10H2,1-2H3. The lowest BCUT2D eigenvalue weighted by molar-refractivity contribution is 0.832. The van der Waals surface area contributed by atoms with Crippen molar-refractivity contribution in [3.63, 3.8) is 0 Å². The van der Waals surface area contributed by atoms with E-state index in [1.807, 2.05) is 19.9 Å². The number of nitrogen functional groups attached to an aromatic ring is 1. The third kappa shape index (κ3) is 1.44. The first kappa shape index (κ1) is 8.68. The summed E-state index contributed by atoms with van der Waals surface area (Å²) in [5.41, 5.74) is 3.27. The molecule has 5 heteroatoms. The van der Waals surface area contributed by atoms with E-state index >= 15 is 0 Å². The molecule has 0 aromatic carbocycles. The summed E-state index contributed by atoms with van der Waals surface area (Å²) < 4.78 is 0. The molecule has 0 fully saturated rings. The summed E-state index contributed by atoms with van der Waals surface area (Å²) in [4.78, 5) is 9.84. The number of hydrogen-bond acceptors (Lipinski definition) is 4. The van der Waals surface area contributed by atoms with E-state index < -0.39 is 0 Å². The van der Waals surface area contributed by atoms with Gasteiger partial charge >= 0.3 is 0 Å². The molecule has 2 N–H and O–H groups in total. The average Bonchev–Trinajstić information content (AvgIpc) is 2.56. The summed E-state index contributed by atoms with van der Waals surface area (Å²) in [5.74, 6) is 5.46. The molecule has 2 aromatic heterocycles. The van der Waals surface area contributed by atoms with Crippen LogP contribution < -0.4 is 5.84 Å². The predicted molar refractivity (Wildman–Crippen MR) is 52.9 cm³/mol.